The lowest BCUT2D eigenvalue weighted by Gasteiger charge is -2.20. The van der Waals surface area contributed by atoms with Crippen LogP contribution in [0.15, 0.2) is 17.5 Å². The molecule has 1 fully saturated rings. The van der Waals surface area contributed by atoms with Crippen LogP contribution >= 0.6 is 23.1 Å². The van der Waals surface area contributed by atoms with Gasteiger partial charge in [-0.3, -0.25) is 0 Å². The van der Waals surface area contributed by atoms with E-state index in [4.69, 9.17) is 0 Å². The van der Waals surface area contributed by atoms with Crippen LogP contribution in [0, 0.1) is 0 Å². The van der Waals surface area contributed by atoms with Crippen molar-refractivity contribution in [2.24, 2.45) is 0 Å². The zero-order chi connectivity index (χ0) is 10.7. The fourth-order valence-electron chi connectivity index (χ4n) is 2.11. The van der Waals surface area contributed by atoms with Crippen LogP contribution in [0.5, 0.6) is 0 Å². The molecule has 1 nitrogen and oxygen atoms in total. The van der Waals surface area contributed by atoms with Crippen molar-refractivity contribution >= 4 is 23.1 Å². The van der Waals surface area contributed by atoms with E-state index in [1.54, 1.807) is 0 Å². The Morgan fingerprint density at radius 3 is 3.00 bits per heavy atom. The Bertz CT molecular complexity index is 284. The molecule has 1 aromatic heterocycles. The Morgan fingerprint density at radius 1 is 1.60 bits per heavy atom. The summed E-state index contributed by atoms with van der Waals surface area (Å²) in [5.41, 5.74) is 0. The summed E-state index contributed by atoms with van der Waals surface area (Å²) in [5.74, 6) is 1.28. The van der Waals surface area contributed by atoms with Gasteiger partial charge in [-0.15, -0.1) is 11.3 Å². The maximum Gasteiger partial charge on any atom is 0.0414 e. The Kier molecular flexibility index (Phi) is 4.12. The van der Waals surface area contributed by atoms with Crippen LogP contribution in [0.3, 0.4) is 0 Å². The van der Waals surface area contributed by atoms with Crippen LogP contribution in [0.1, 0.15) is 37.6 Å². The van der Waals surface area contributed by atoms with Crippen LogP contribution in [-0.2, 0) is 0 Å². The number of thiophene rings is 1. The van der Waals surface area contributed by atoms with Crippen LogP contribution in [0.25, 0.3) is 0 Å². The molecule has 1 N–H and O–H groups in total. The van der Waals surface area contributed by atoms with Gasteiger partial charge in [0.25, 0.3) is 0 Å². The van der Waals surface area contributed by atoms with Crippen molar-refractivity contribution in [2.45, 2.75) is 44.0 Å². The average Bonchev–Trinajstić information content (AvgIpc) is 2.85. The summed E-state index contributed by atoms with van der Waals surface area (Å²) in [6, 6.07) is 5.69. The second-order valence-electron chi connectivity index (χ2n) is 4.22. The van der Waals surface area contributed by atoms with E-state index in [9.17, 15) is 0 Å². The second-order valence-corrected chi connectivity index (χ2v) is 6.67. The first kappa shape index (κ1) is 11.5. The summed E-state index contributed by atoms with van der Waals surface area (Å²) < 4.78 is 0. The van der Waals surface area contributed by atoms with E-state index in [1.165, 1.54) is 23.5 Å². The molecule has 1 saturated heterocycles. The summed E-state index contributed by atoms with van der Waals surface area (Å²) in [6.07, 6.45) is 2.52. The van der Waals surface area contributed by atoms with E-state index in [0.717, 1.165) is 11.3 Å². The normalized spacial score (nSPS) is 28.1. The van der Waals surface area contributed by atoms with Gasteiger partial charge in [-0.25, -0.2) is 0 Å². The lowest BCUT2D eigenvalue weighted by Crippen LogP contribution is -2.32. The molecule has 0 radical (unpaired) electrons. The quantitative estimate of drug-likeness (QED) is 0.863. The summed E-state index contributed by atoms with van der Waals surface area (Å²) >= 11 is 3.97. The SMILES string of the molecule is CCC(NC1CSC(C)C1)c1cccs1. The van der Waals surface area contributed by atoms with Crippen LogP contribution in [0.4, 0.5) is 0 Å². The smallest absolute Gasteiger partial charge is 0.0414 e. The molecule has 1 aromatic rings. The highest BCUT2D eigenvalue weighted by atomic mass is 32.2. The summed E-state index contributed by atoms with van der Waals surface area (Å²) in [7, 11) is 0. The van der Waals surface area contributed by atoms with E-state index in [-0.39, 0.29) is 0 Å². The molecule has 0 bridgehead atoms. The minimum atomic E-state index is 0.570. The van der Waals surface area contributed by atoms with Gasteiger partial charge < -0.3 is 5.32 Å². The Balaban J connectivity index is 1.91. The van der Waals surface area contributed by atoms with Gasteiger partial charge in [-0.2, -0.15) is 11.8 Å². The highest BCUT2D eigenvalue weighted by Crippen LogP contribution is 2.29. The first-order valence-electron chi connectivity index (χ1n) is 5.70. The predicted molar refractivity (Wildman–Crippen MR) is 70.8 cm³/mol. The molecule has 15 heavy (non-hydrogen) atoms. The average molecular weight is 241 g/mol. The van der Waals surface area contributed by atoms with Crippen molar-refractivity contribution in [3.05, 3.63) is 22.4 Å². The number of hydrogen-bond donors (Lipinski definition) is 1. The second kappa shape index (κ2) is 5.37. The van der Waals surface area contributed by atoms with E-state index in [0.29, 0.717) is 6.04 Å². The first-order chi connectivity index (χ1) is 7.29. The Morgan fingerprint density at radius 2 is 2.47 bits per heavy atom. The molecule has 0 saturated carbocycles. The van der Waals surface area contributed by atoms with Gasteiger partial charge in [-0.1, -0.05) is 19.9 Å². The molecular formula is C12H19NS2. The molecule has 1 aliphatic rings. The van der Waals surface area contributed by atoms with E-state index < -0.39 is 0 Å². The van der Waals surface area contributed by atoms with Crippen molar-refractivity contribution in [1.82, 2.24) is 5.32 Å². The number of nitrogens with one attached hydrogen (secondary N) is 1. The van der Waals surface area contributed by atoms with Gasteiger partial charge in [0, 0.05) is 28.0 Å². The van der Waals surface area contributed by atoms with Crippen molar-refractivity contribution in [2.75, 3.05) is 5.75 Å². The van der Waals surface area contributed by atoms with Crippen molar-refractivity contribution in [3.63, 3.8) is 0 Å². The van der Waals surface area contributed by atoms with Crippen LogP contribution < -0.4 is 5.32 Å². The predicted octanol–water partition coefficient (Wildman–Crippen LogP) is 3.68. The highest BCUT2D eigenvalue weighted by molar-refractivity contribution is 8.00. The zero-order valence-electron chi connectivity index (χ0n) is 9.40. The molecule has 84 valence electrons. The minimum Gasteiger partial charge on any atom is -0.306 e. The first-order valence-corrected chi connectivity index (χ1v) is 7.63. The third-order valence-electron chi connectivity index (χ3n) is 2.93. The molecule has 0 amide bonds. The summed E-state index contributed by atoms with van der Waals surface area (Å²) in [6.45, 7) is 4.60. The van der Waals surface area contributed by atoms with E-state index >= 15 is 0 Å². The highest BCUT2D eigenvalue weighted by Gasteiger charge is 2.24. The number of rotatable bonds is 4. The Hall–Kier alpha value is 0.01000. The molecule has 3 unspecified atom stereocenters. The number of thioether (sulfide) groups is 1. The lowest BCUT2D eigenvalue weighted by molar-refractivity contribution is 0.447. The van der Waals surface area contributed by atoms with Crippen LogP contribution in [0.2, 0.25) is 0 Å². The molecule has 2 heterocycles. The van der Waals surface area contributed by atoms with Gasteiger partial charge in [0.05, 0.1) is 0 Å². The summed E-state index contributed by atoms with van der Waals surface area (Å²) in [5, 5.41) is 6.80. The van der Waals surface area contributed by atoms with Gasteiger partial charge in [0.15, 0.2) is 0 Å². The van der Waals surface area contributed by atoms with Gasteiger partial charge in [0.1, 0.15) is 0 Å². The Labute approximate surface area is 101 Å². The molecule has 0 aliphatic carbocycles. The largest absolute Gasteiger partial charge is 0.306 e. The minimum absolute atomic E-state index is 0.570. The zero-order valence-corrected chi connectivity index (χ0v) is 11.0. The monoisotopic (exact) mass is 241 g/mol. The molecule has 3 heteroatoms. The van der Waals surface area contributed by atoms with Crippen molar-refractivity contribution in [3.8, 4) is 0 Å². The molecule has 0 spiro atoms. The van der Waals surface area contributed by atoms with Gasteiger partial charge >= 0.3 is 0 Å². The standard InChI is InChI=1S/C12H19NS2/c1-3-11(12-5-4-6-14-12)13-10-7-9(2)15-8-10/h4-6,9-11,13H,3,7-8H2,1-2H3. The fourth-order valence-corrected chi connectivity index (χ4v) is 4.14. The maximum absolute atomic E-state index is 3.79. The third kappa shape index (κ3) is 2.99. The number of hydrogen-bond acceptors (Lipinski definition) is 3. The maximum atomic E-state index is 3.79. The molecule has 2 rings (SSSR count). The molecule has 0 aromatic carbocycles. The summed E-state index contributed by atoms with van der Waals surface area (Å²) in [4.78, 5) is 1.49. The molecular weight excluding hydrogens is 222 g/mol. The van der Waals surface area contributed by atoms with Crippen LogP contribution in [-0.4, -0.2) is 17.0 Å². The van der Waals surface area contributed by atoms with E-state index in [1.807, 2.05) is 11.3 Å². The van der Waals surface area contributed by atoms with Crippen molar-refractivity contribution < 1.29 is 0 Å². The molecule has 3 atom stereocenters. The molecule has 1 aliphatic heterocycles. The van der Waals surface area contributed by atoms with Crippen molar-refractivity contribution in [1.29, 1.82) is 0 Å². The van der Waals surface area contributed by atoms with E-state index in [2.05, 4.69) is 48.4 Å². The topological polar surface area (TPSA) is 12.0 Å². The van der Waals surface area contributed by atoms with Gasteiger partial charge in [-0.05, 0) is 24.3 Å². The third-order valence-corrected chi connectivity index (χ3v) is 5.27. The lowest BCUT2D eigenvalue weighted by atomic mass is 10.1. The van der Waals surface area contributed by atoms with Gasteiger partial charge in [0.2, 0.25) is 0 Å². The fraction of sp³-hybridized carbons (Fsp3) is 0.667.